The Kier molecular flexibility index (Phi) is 5.65. The van der Waals surface area contributed by atoms with E-state index in [1.54, 1.807) is 11.8 Å². The average Bonchev–Trinajstić information content (AvgIpc) is 1.87. The van der Waals surface area contributed by atoms with Gasteiger partial charge in [-0.15, -0.1) is 11.8 Å². The number of hydrogen-bond acceptors (Lipinski definition) is 2. The minimum absolute atomic E-state index is 0.587. The first-order chi connectivity index (χ1) is 5.07. The van der Waals surface area contributed by atoms with E-state index in [2.05, 4.69) is 38.9 Å². The van der Waals surface area contributed by atoms with Crippen molar-refractivity contribution >= 4 is 16.8 Å². The van der Waals surface area contributed by atoms with Crippen LogP contribution in [0, 0.1) is 11.8 Å². The van der Waals surface area contributed by atoms with Gasteiger partial charge in [-0.05, 0) is 12.2 Å². The van der Waals surface area contributed by atoms with Crippen LogP contribution in [0.3, 0.4) is 0 Å². The van der Waals surface area contributed by atoms with Crippen molar-refractivity contribution in [2.75, 3.05) is 12.8 Å². The molecular formula is C9H19NS. The van der Waals surface area contributed by atoms with Gasteiger partial charge >= 0.3 is 0 Å². The topological polar surface area (TPSA) is 12.4 Å². The highest BCUT2D eigenvalue weighted by atomic mass is 32.2. The molecule has 1 nitrogen and oxygen atoms in total. The molecule has 0 atom stereocenters. The highest BCUT2D eigenvalue weighted by Crippen LogP contribution is 2.09. The van der Waals surface area contributed by atoms with E-state index >= 15 is 0 Å². The van der Waals surface area contributed by atoms with Crippen LogP contribution < -0.4 is 0 Å². The maximum Gasteiger partial charge on any atom is 0.0698 e. The van der Waals surface area contributed by atoms with Gasteiger partial charge < -0.3 is 0 Å². The molecule has 0 heterocycles. The van der Waals surface area contributed by atoms with Gasteiger partial charge in [-0.25, -0.2) is 0 Å². The van der Waals surface area contributed by atoms with Crippen LogP contribution >= 0.6 is 11.8 Å². The Morgan fingerprint density at radius 2 is 1.82 bits per heavy atom. The molecule has 0 N–H and O–H groups in total. The van der Waals surface area contributed by atoms with Crippen LogP contribution in [0.1, 0.15) is 27.7 Å². The molecule has 2 heteroatoms. The largest absolute Gasteiger partial charge is 0.282 e. The lowest BCUT2D eigenvalue weighted by Crippen LogP contribution is -2.04. The summed E-state index contributed by atoms with van der Waals surface area (Å²) >= 11 is 1.77. The molecule has 0 aromatic heterocycles. The summed E-state index contributed by atoms with van der Waals surface area (Å²) in [4.78, 5) is 4.52. The number of aliphatic imine (C=N–C) groups is 1. The normalized spacial score (nSPS) is 13.2. The van der Waals surface area contributed by atoms with E-state index in [1.165, 1.54) is 5.04 Å². The molecule has 0 bridgehead atoms. The molecule has 0 spiro atoms. The Bertz CT molecular complexity index is 128. The predicted molar refractivity (Wildman–Crippen MR) is 55.5 cm³/mol. The Morgan fingerprint density at radius 1 is 1.27 bits per heavy atom. The van der Waals surface area contributed by atoms with Crippen LogP contribution in [0.2, 0.25) is 0 Å². The van der Waals surface area contributed by atoms with Gasteiger partial charge in [0.25, 0.3) is 0 Å². The van der Waals surface area contributed by atoms with Gasteiger partial charge in [0.05, 0.1) is 5.04 Å². The molecule has 0 aliphatic carbocycles. The summed E-state index contributed by atoms with van der Waals surface area (Å²) < 4.78 is 0. The van der Waals surface area contributed by atoms with Crippen LogP contribution in [0.25, 0.3) is 0 Å². The number of nitrogens with zero attached hydrogens (tertiary/aromatic N) is 1. The van der Waals surface area contributed by atoms with E-state index < -0.39 is 0 Å². The fourth-order valence-corrected chi connectivity index (χ4v) is 1.43. The van der Waals surface area contributed by atoms with Crippen LogP contribution in [0.15, 0.2) is 4.99 Å². The summed E-state index contributed by atoms with van der Waals surface area (Å²) in [6, 6.07) is 0. The zero-order chi connectivity index (χ0) is 8.85. The lowest BCUT2D eigenvalue weighted by atomic mass is 10.2. The van der Waals surface area contributed by atoms with Crippen molar-refractivity contribution < 1.29 is 0 Å². The Balaban J connectivity index is 3.91. The zero-order valence-corrected chi connectivity index (χ0v) is 9.03. The number of thioether (sulfide) groups is 1. The molecule has 0 saturated heterocycles. The lowest BCUT2D eigenvalue weighted by Gasteiger charge is -2.07. The van der Waals surface area contributed by atoms with Crippen LogP contribution in [-0.4, -0.2) is 17.8 Å². The Hall–Kier alpha value is 0.0200. The minimum Gasteiger partial charge on any atom is -0.282 e. The van der Waals surface area contributed by atoms with Gasteiger partial charge in [-0.1, -0.05) is 27.7 Å². The summed E-state index contributed by atoms with van der Waals surface area (Å²) in [5.41, 5.74) is 0. The van der Waals surface area contributed by atoms with Crippen molar-refractivity contribution in [2.45, 2.75) is 27.7 Å². The third-order valence-electron chi connectivity index (χ3n) is 1.32. The van der Waals surface area contributed by atoms with Crippen molar-refractivity contribution in [3.63, 3.8) is 0 Å². The first-order valence-electron chi connectivity index (χ1n) is 4.16. The van der Waals surface area contributed by atoms with Gasteiger partial charge in [-0.3, -0.25) is 4.99 Å². The summed E-state index contributed by atoms with van der Waals surface area (Å²) in [6.07, 6.45) is 2.10. The highest BCUT2D eigenvalue weighted by molar-refractivity contribution is 8.13. The molecule has 0 unspecified atom stereocenters. The van der Waals surface area contributed by atoms with Gasteiger partial charge in [0.1, 0.15) is 0 Å². The van der Waals surface area contributed by atoms with Crippen LogP contribution in [-0.2, 0) is 0 Å². The van der Waals surface area contributed by atoms with Crippen molar-refractivity contribution in [3.05, 3.63) is 0 Å². The van der Waals surface area contributed by atoms with E-state index in [4.69, 9.17) is 0 Å². The first-order valence-corrected chi connectivity index (χ1v) is 5.38. The fourth-order valence-electron chi connectivity index (χ4n) is 0.755. The monoisotopic (exact) mass is 173 g/mol. The molecule has 0 aliphatic rings. The lowest BCUT2D eigenvalue weighted by molar-refractivity contribution is 0.663. The molecule has 0 radical (unpaired) electrons. The molecule has 0 saturated carbocycles. The average molecular weight is 173 g/mol. The third kappa shape index (κ3) is 5.31. The van der Waals surface area contributed by atoms with Crippen molar-refractivity contribution in [1.82, 2.24) is 0 Å². The van der Waals surface area contributed by atoms with E-state index in [-0.39, 0.29) is 0 Å². The summed E-state index contributed by atoms with van der Waals surface area (Å²) in [5.74, 6) is 1.26. The summed E-state index contributed by atoms with van der Waals surface area (Å²) in [7, 11) is 0. The molecule has 0 amide bonds. The molecule has 0 aromatic rings. The van der Waals surface area contributed by atoms with Gasteiger partial charge in [0, 0.05) is 12.5 Å². The second kappa shape index (κ2) is 5.64. The molecule has 0 aliphatic heterocycles. The summed E-state index contributed by atoms with van der Waals surface area (Å²) in [6.45, 7) is 9.74. The quantitative estimate of drug-likeness (QED) is 0.472. The minimum atomic E-state index is 0.587. The molecular weight excluding hydrogens is 154 g/mol. The van der Waals surface area contributed by atoms with Crippen molar-refractivity contribution in [1.29, 1.82) is 0 Å². The van der Waals surface area contributed by atoms with Gasteiger partial charge in [0.15, 0.2) is 0 Å². The first kappa shape index (κ1) is 11.0. The second-order valence-electron chi connectivity index (χ2n) is 3.43. The van der Waals surface area contributed by atoms with Crippen LogP contribution in [0.5, 0.6) is 0 Å². The third-order valence-corrected chi connectivity index (χ3v) is 2.33. The predicted octanol–water partition coefficient (Wildman–Crippen LogP) is 3.06. The molecule has 0 rings (SSSR count). The van der Waals surface area contributed by atoms with Gasteiger partial charge in [-0.2, -0.15) is 0 Å². The van der Waals surface area contributed by atoms with E-state index in [0.29, 0.717) is 11.8 Å². The summed E-state index contributed by atoms with van der Waals surface area (Å²) in [5, 5.41) is 1.28. The number of hydrogen-bond donors (Lipinski definition) is 0. The fraction of sp³-hybridized carbons (Fsp3) is 0.889. The maximum atomic E-state index is 4.52. The SMILES string of the molecule is CSC(=NCC(C)C)C(C)C. The van der Waals surface area contributed by atoms with Gasteiger partial charge in [0.2, 0.25) is 0 Å². The smallest absolute Gasteiger partial charge is 0.0698 e. The second-order valence-corrected chi connectivity index (χ2v) is 4.26. The van der Waals surface area contributed by atoms with Crippen molar-refractivity contribution in [2.24, 2.45) is 16.8 Å². The van der Waals surface area contributed by atoms with E-state index in [0.717, 1.165) is 6.54 Å². The highest BCUT2D eigenvalue weighted by Gasteiger charge is 2.02. The molecule has 0 fully saturated rings. The molecule has 0 aromatic carbocycles. The zero-order valence-electron chi connectivity index (χ0n) is 8.22. The number of rotatable bonds is 3. The Labute approximate surface area is 74.7 Å². The van der Waals surface area contributed by atoms with Crippen molar-refractivity contribution in [3.8, 4) is 0 Å². The molecule has 11 heavy (non-hydrogen) atoms. The molecule has 66 valence electrons. The van der Waals surface area contributed by atoms with E-state index in [1.807, 2.05) is 0 Å². The van der Waals surface area contributed by atoms with Crippen LogP contribution in [0.4, 0.5) is 0 Å². The standard InChI is InChI=1S/C9H19NS/c1-7(2)6-10-9(11-5)8(3)4/h7-8H,6H2,1-5H3. The Morgan fingerprint density at radius 3 is 2.09 bits per heavy atom. The maximum absolute atomic E-state index is 4.52. The van der Waals surface area contributed by atoms with E-state index in [9.17, 15) is 0 Å².